The number of Topliss-reactive ketones (excluding diaryl/α,β-unsaturated/α-hetero) is 3. The molecule has 1 heterocycles. The van der Waals surface area contributed by atoms with Crippen LogP contribution in [0.3, 0.4) is 0 Å². The Bertz CT molecular complexity index is 879. The van der Waals surface area contributed by atoms with E-state index in [1.807, 2.05) is 4.90 Å². The molecule has 2 aliphatic rings. The van der Waals surface area contributed by atoms with E-state index in [1.54, 1.807) is 6.19 Å². The first-order valence-electron chi connectivity index (χ1n) is 8.35. The number of carbonyl (C=O) groups excluding carboxylic acids is 3. The maximum atomic E-state index is 12.9. The predicted molar refractivity (Wildman–Crippen MR) is 104 cm³/mol. The van der Waals surface area contributed by atoms with Crippen molar-refractivity contribution >= 4 is 57.5 Å². The summed E-state index contributed by atoms with van der Waals surface area (Å²) in [6.07, 6.45) is 2.69. The number of nitriles is 1. The van der Waals surface area contributed by atoms with Crippen molar-refractivity contribution in [3.8, 4) is 6.19 Å². The molecule has 27 heavy (non-hydrogen) atoms. The molecule has 0 aromatic heterocycles. The molecule has 1 aliphatic heterocycles. The van der Waals surface area contributed by atoms with E-state index in [0.29, 0.717) is 28.7 Å². The fraction of sp³-hybridized carbons (Fsp3) is 0.389. The minimum atomic E-state index is -1.27. The number of hydrogen-bond donors (Lipinski definition) is 0. The Morgan fingerprint density at radius 2 is 2.00 bits per heavy atom. The van der Waals surface area contributed by atoms with E-state index in [2.05, 4.69) is 4.99 Å². The maximum Gasteiger partial charge on any atom is 0.208 e. The van der Waals surface area contributed by atoms with Crippen molar-refractivity contribution in [2.45, 2.75) is 25.8 Å². The third-order valence-electron chi connectivity index (χ3n) is 4.56. The molecule has 3 rings (SSSR count). The number of aliphatic imine (C=N–C) groups is 1. The molecule has 0 atom stereocenters. The van der Waals surface area contributed by atoms with Gasteiger partial charge in [-0.2, -0.15) is 5.26 Å². The molecular formula is C18H15Cl2N3O3S. The summed E-state index contributed by atoms with van der Waals surface area (Å²) in [6, 6.07) is 2.99. The summed E-state index contributed by atoms with van der Waals surface area (Å²) < 4.78 is 0. The Kier molecular flexibility index (Phi) is 6.20. The minimum absolute atomic E-state index is 0.121. The second kappa shape index (κ2) is 8.42. The van der Waals surface area contributed by atoms with Gasteiger partial charge in [-0.05, 0) is 18.6 Å². The molecule has 1 saturated heterocycles. The zero-order valence-electron chi connectivity index (χ0n) is 14.2. The first-order valence-corrected chi connectivity index (χ1v) is 10.1. The second-order valence-corrected chi connectivity index (χ2v) is 8.08. The number of thioether (sulfide) groups is 1. The minimum Gasteiger partial charge on any atom is -0.345 e. The zero-order chi connectivity index (χ0) is 19.6. The summed E-state index contributed by atoms with van der Waals surface area (Å²) in [5.41, 5.74) is 0.628. The Morgan fingerprint density at radius 3 is 2.67 bits per heavy atom. The topological polar surface area (TPSA) is 90.6 Å². The quantitative estimate of drug-likeness (QED) is 0.418. The molecule has 9 heteroatoms. The predicted octanol–water partition coefficient (Wildman–Crippen LogP) is 3.50. The number of carbonyl (C=O) groups is 3. The fourth-order valence-electron chi connectivity index (χ4n) is 3.20. The average Bonchev–Trinajstić information content (AvgIpc) is 3.05. The first-order chi connectivity index (χ1) is 12.9. The smallest absolute Gasteiger partial charge is 0.208 e. The zero-order valence-corrected chi connectivity index (χ0v) is 16.5. The molecular weight excluding hydrogens is 409 g/mol. The lowest BCUT2D eigenvalue weighted by Crippen LogP contribution is -2.35. The SMILES string of the molecule is N#CN=C1SCCN1Cc1c(Cl)ccc(C(=O)C2C(=O)CCCC2=O)c1Cl. The molecule has 0 bridgehead atoms. The van der Waals surface area contributed by atoms with Gasteiger partial charge in [0.2, 0.25) is 6.19 Å². The van der Waals surface area contributed by atoms with E-state index in [9.17, 15) is 14.4 Å². The van der Waals surface area contributed by atoms with E-state index in [4.69, 9.17) is 28.5 Å². The first kappa shape index (κ1) is 19.9. The van der Waals surface area contributed by atoms with E-state index in [0.717, 1.165) is 5.75 Å². The molecule has 1 aromatic rings. The largest absolute Gasteiger partial charge is 0.345 e. The monoisotopic (exact) mass is 423 g/mol. The summed E-state index contributed by atoms with van der Waals surface area (Å²) in [5, 5.41) is 9.86. The Labute approximate surface area is 170 Å². The van der Waals surface area contributed by atoms with Crippen molar-refractivity contribution in [1.82, 2.24) is 4.90 Å². The lowest BCUT2D eigenvalue weighted by atomic mass is 9.81. The highest BCUT2D eigenvalue weighted by molar-refractivity contribution is 8.14. The number of halogens is 2. The number of ketones is 3. The molecule has 2 fully saturated rings. The number of amidine groups is 1. The van der Waals surface area contributed by atoms with Gasteiger partial charge in [-0.25, -0.2) is 0 Å². The molecule has 140 valence electrons. The van der Waals surface area contributed by atoms with Crippen LogP contribution in [0.4, 0.5) is 0 Å². The van der Waals surface area contributed by atoms with Gasteiger partial charge in [0.15, 0.2) is 22.5 Å². The molecule has 6 nitrogen and oxygen atoms in total. The van der Waals surface area contributed by atoms with Gasteiger partial charge in [-0.1, -0.05) is 35.0 Å². The summed E-state index contributed by atoms with van der Waals surface area (Å²) in [5.74, 6) is -1.79. The highest BCUT2D eigenvalue weighted by atomic mass is 35.5. The van der Waals surface area contributed by atoms with E-state index in [1.165, 1.54) is 23.9 Å². The molecule has 0 radical (unpaired) electrons. The third kappa shape index (κ3) is 4.03. The van der Waals surface area contributed by atoms with E-state index >= 15 is 0 Å². The Morgan fingerprint density at radius 1 is 1.30 bits per heavy atom. The molecule has 0 spiro atoms. The number of benzene rings is 1. The Balaban J connectivity index is 1.93. The lowest BCUT2D eigenvalue weighted by Gasteiger charge is -2.22. The normalized spacial score (nSPS) is 19.6. The molecule has 0 amide bonds. The molecule has 1 aliphatic carbocycles. The average molecular weight is 424 g/mol. The van der Waals surface area contributed by atoms with Crippen molar-refractivity contribution in [2.24, 2.45) is 10.9 Å². The summed E-state index contributed by atoms with van der Waals surface area (Å²) in [4.78, 5) is 42.7. The van der Waals surface area contributed by atoms with Crippen LogP contribution >= 0.6 is 35.0 Å². The van der Waals surface area contributed by atoms with E-state index < -0.39 is 11.7 Å². The van der Waals surface area contributed by atoms with Gasteiger partial charge in [0.1, 0.15) is 5.92 Å². The van der Waals surface area contributed by atoms with Gasteiger partial charge in [0.25, 0.3) is 0 Å². The van der Waals surface area contributed by atoms with Crippen molar-refractivity contribution in [1.29, 1.82) is 5.26 Å². The van der Waals surface area contributed by atoms with Gasteiger partial charge in [0, 0.05) is 47.8 Å². The van der Waals surface area contributed by atoms with Crippen LogP contribution in [0.1, 0.15) is 35.2 Å². The van der Waals surface area contributed by atoms with Crippen molar-refractivity contribution in [2.75, 3.05) is 12.3 Å². The second-order valence-electron chi connectivity index (χ2n) is 6.24. The van der Waals surface area contributed by atoms with Crippen molar-refractivity contribution < 1.29 is 14.4 Å². The molecule has 1 aromatic carbocycles. The van der Waals surface area contributed by atoms with E-state index in [-0.39, 0.29) is 41.5 Å². The highest BCUT2D eigenvalue weighted by Gasteiger charge is 2.37. The number of nitrogens with zero attached hydrogens (tertiary/aromatic N) is 3. The number of rotatable bonds is 4. The Hall–Kier alpha value is -1.88. The fourth-order valence-corrected chi connectivity index (χ4v) is 4.72. The van der Waals surface area contributed by atoms with Gasteiger partial charge >= 0.3 is 0 Å². The van der Waals surface area contributed by atoms with Crippen LogP contribution in [0.25, 0.3) is 0 Å². The van der Waals surface area contributed by atoms with Crippen LogP contribution in [0, 0.1) is 17.4 Å². The molecule has 1 saturated carbocycles. The summed E-state index contributed by atoms with van der Waals surface area (Å²) in [7, 11) is 0. The maximum absolute atomic E-state index is 12.9. The van der Waals surface area contributed by atoms with Crippen LogP contribution in [0.2, 0.25) is 10.0 Å². The van der Waals surface area contributed by atoms with Crippen LogP contribution in [0.5, 0.6) is 0 Å². The van der Waals surface area contributed by atoms with Crippen LogP contribution in [-0.2, 0) is 16.1 Å². The van der Waals surface area contributed by atoms with Crippen molar-refractivity contribution in [3.05, 3.63) is 33.3 Å². The van der Waals surface area contributed by atoms with Crippen LogP contribution in [0.15, 0.2) is 17.1 Å². The van der Waals surface area contributed by atoms with Gasteiger partial charge in [-0.15, -0.1) is 4.99 Å². The highest BCUT2D eigenvalue weighted by Crippen LogP contribution is 2.34. The van der Waals surface area contributed by atoms with Crippen molar-refractivity contribution in [3.63, 3.8) is 0 Å². The van der Waals surface area contributed by atoms with Gasteiger partial charge in [-0.3, -0.25) is 14.4 Å². The standard InChI is InChI=1S/C18H15Cl2N3O3S/c19-12-5-4-10(17(26)15-13(24)2-1-3-14(15)25)16(20)11(12)8-23-6-7-27-18(23)22-9-21/h4-5,15H,1-3,6-8H2. The summed E-state index contributed by atoms with van der Waals surface area (Å²) in [6.45, 7) is 0.939. The molecule has 0 unspecified atom stereocenters. The third-order valence-corrected chi connectivity index (χ3v) is 6.34. The number of hydrogen-bond acceptors (Lipinski definition) is 6. The lowest BCUT2D eigenvalue weighted by molar-refractivity contribution is -0.133. The van der Waals surface area contributed by atoms with Crippen LogP contribution < -0.4 is 0 Å². The van der Waals surface area contributed by atoms with Crippen LogP contribution in [-0.4, -0.2) is 39.7 Å². The van der Waals surface area contributed by atoms with Gasteiger partial charge < -0.3 is 4.90 Å². The summed E-state index contributed by atoms with van der Waals surface area (Å²) >= 11 is 14.2. The van der Waals surface area contributed by atoms with Gasteiger partial charge in [0.05, 0.1) is 5.02 Å². The molecule has 0 N–H and O–H groups in total.